The first-order valence-electron chi connectivity index (χ1n) is 8.31. The van der Waals surface area contributed by atoms with E-state index in [1.807, 2.05) is 0 Å². The van der Waals surface area contributed by atoms with Crippen LogP contribution in [-0.2, 0) is 13.6 Å². The van der Waals surface area contributed by atoms with Crippen LogP contribution in [0.2, 0.25) is 10.0 Å². The molecule has 0 aliphatic rings. The van der Waals surface area contributed by atoms with Gasteiger partial charge in [0, 0.05) is 26.2 Å². The number of benzene rings is 1. The van der Waals surface area contributed by atoms with Crippen molar-refractivity contribution in [2.24, 2.45) is 7.05 Å². The predicted molar refractivity (Wildman–Crippen MR) is 108 cm³/mol. The maximum Gasteiger partial charge on any atom is 0.329 e. The summed E-state index contributed by atoms with van der Waals surface area (Å²) < 4.78 is 8.35. The van der Waals surface area contributed by atoms with Gasteiger partial charge < -0.3 is 19.3 Å². The topological polar surface area (TPSA) is 105 Å². The van der Waals surface area contributed by atoms with E-state index < -0.39 is 17.4 Å². The monoisotopic (exact) mass is 427 g/mol. The third kappa shape index (κ3) is 3.87. The minimum Gasteiger partial charge on any atom is -0.489 e. The molecule has 0 unspecified atom stereocenters. The number of aryl methyl sites for hydroxylation is 1. The van der Waals surface area contributed by atoms with Crippen LogP contribution in [0.15, 0.2) is 27.8 Å². The summed E-state index contributed by atoms with van der Waals surface area (Å²) in [6.07, 6.45) is -0.973. The summed E-state index contributed by atoms with van der Waals surface area (Å²) in [5, 5.41) is 11.3. The van der Waals surface area contributed by atoms with Gasteiger partial charge in [0.1, 0.15) is 18.5 Å². The lowest BCUT2D eigenvalue weighted by Crippen LogP contribution is -2.31. The van der Waals surface area contributed by atoms with Gasteiger partial charge in [-0.25, -0.2) is 4.79 Å². The first kappa shape index (κ1) is 20.2. The van der Waals surface area contributed by atoms with Gasteiger partial charge in [-0.15, -0.1) is 0 Å². The molecule has 0 aliphatic heterocycles. The van der Waals surface area contributed by atoms with Gasteiger partial charge >= 0.3 is 5.69 Å². The summed E-state index contributed by atoms with van der Waals surface area (Å²) in [6, 6.07) is 4.77. The summed E-state index contributed by atoms with van der Waals surface area (Å²) in [4.78, 5) is 32.5. The Balaban J connectivity index is 1.90. The molecule has 0 saturated heterocycles. The Morgan fingerprint density at radius 3 is 2.68 bits per heavy atom. The minimum absolute atomic E-state index is 0.0243. The van der Waals surface area contributed by atoms with E-state index in [2.05, 4.69) is 9.97 Å². The molecule has 2 N–H and O–H groups in total. The van der Waals surface area contributed by atoms with Crippen LogP contribution in [0.3, 0.4) is 0 Å². The number of ether oxygens (including phenoxy) is 1. The van der Waals surface area contributed by atoms with Crippen LogP contribution in [0, 0.1) is 0 Å². The van der Waals surface area contributed by atoms with Gasteiger partial charge in [-0.05, 0) is 18.2 Å². The molecule has 28 heavy (non-hydrogen) atoms. The second-order valence-electron chi connectivity index (χ2n) is 6.45. The molecule has 0 aliphatic carbocycles. The Kier molecular flexibility index (Phi) is 5.69. The lowest BCUT2D eigenvalue weighted by atomic mass is 10.3. The van der Waals surface area contributed by atoms with Crippen molar-refractivity contribution in [2.75, 3.05) is 25.6 Å². The van der Waals surface area contributed by atoms with E-state index in [9.17, 15) is 14.7 Å². The van der Waals surface area contributed by atoms with E-state index in [-0.39, 0.29) is 24.3 Å². The molecule has 0 amide bonds. The quantitative estimate of drug-likeness (QED) is 0.612. The second kappa shape index (κ2) is 7.86. The summed E-state index contributed by atoms with van der Waals surface area (Å²) in [5.41, 5.74) is -0.720. The first-order valence-corrected chi connectivity index (χ1v) is 9.07. The Labute approximate surface area is 169 Å². The number of halogens is 2. The summed E-state index contributed by atoms with van der Waals surface area (Å²) in [7, 11) is 5.01. The number of fused-ring (bicyclic) bond motifs is 1. The standard InChI is InChI=1S/C17H19Cl2N5O4/c1-22(2)16-20-14-13(15(26)21-17(27)23(14)3)24(16)7-10(25)8-28-12-5-4-9(18)6-11(12)19/h4-6,10,25H,7-8H2,1-3H3,(H,21,26,27)/t10-/m1/s1. The zero-order valence-corrected chi connectivity index (χ0v) is 17.0. The van der Waals surface area contributed by atoms with Crippen molar-refractivity contribution in [3.63, 3.8) is 0 Å². The number of nitrogens with zero attached hydrogens (tertiary/aromatic N) is 4. The van der Waals surface area contributed by atoms with E-state index in [0.29, 0.717) is 21.7 Å². The van der Waals surface area contributed by atoms with Crippen molar-refractivity contribution in [1.29, 1.82) is 0 Å². The highest BCUT2D eigenvalue weighted by atomic mass is 35.5. The zero-order valence-electron chi connectivity index (χ0n) is 15.4. The van der Waals surface area contributed by atoms with Crippen LogP contribution in [0.4, 0.5) is 5.95 Å². The number of aliphatic hydroxyl groups excluding tert-OH is 1. The molecule has 0 saturated carbocycles. The molecule has 2 aromatic heterocycles. The lowest BCUT2D eigenvalue weighted by molar-refractivity contribution is 0.0937. The Hall–Kier alpha value is -2.49. The maximum absolute atomic E-state index is 12.4. The highest BCUT2D eigenvalue weighted by molar-refractivity contribution is 6.35. The fourth-order valence-electron chi connectivity index (χ4n) is 2.78. The second-order valence-corrected chi connectivity index (χ2v) is 7.29. The van der Waals surface area contributed by atoms with Crippen molar-refractivity contribution in [1.82, 2.24) is 19.1 Å². The van der Waals surface area contributed by atoms with Gasteiger partial charge in [0.2, 0.25) is 5.95 Å². The van der Waals surface area contributed by atoms with Crippen LogP contribution >= 0.6 is 23.2 Å². The maximum atomic E-state index is 12.4. The molecule has 11 heteroatoms. The normalized spacial score (nSPS) is 12.4. The van der Waals surface area contributed by atoms with E-state index in [1.165, 1.54) is 11.6 Å². The van der Waals surface area contributed by atoms with Crippen molar-refractivity contribution < 1.29 is 9.84 Å². The van der Waals surface area contributed by atoms with Gasteiger partial charge in [0.05, 0.1) is 11.6 Å². The van der Waals surface area contributed by atoms with E-state index in [4.69, 9.17) is 27.9 Å². The van der Waals surface area contributed by atoms with Crippen LogP contribution in [-0.4, -0.2) is 51.0 Å². The van der Waals surface area contributed by atoms with Crippen molar-refractivity contribution >= 4 is 40.3 Å². The molecule has 0 bridgehead atoms. The van der Waals surface area contributed by atoms with Gasteiger partial charge in [-0.3, -0.25) is 14.3 Å². The minimum atomic E-state index is -0.973. The Bertz CT molecular complexity index is 1140. The molecular formula is C17H19Cl2N5O4. The number of rotatable bonds is 6. The molecule has 3 rings (SSSR count). The van der Waals surface area contributed by atoms with Crippen molar-refractivity contribution in [3.05, 3.63) is 49.1 Å². The van der Waals surface area contributed by atoms with Crippen LogP contribution in [0.5, 0.6) is 5.75 Å². The molecule has 1 aromatic carbocycles. The number of H-pyrrole nitrogens is 1. The molecule has 0 fully saturated rings. The number of aromatic amines is 1. The third-order valence-electron chi connectivity index (χ3n) is 4.11. The van der Waals surface area contributed by atoms with Gasteiger partial charge in [-0.2, -0.15) is 4.98 Å². The number of hydrogen-bond acceptors (Lipinski definition) is 6. The molecule has 2 heterocycles. The Morgan fingerprint density at radius 2 is 2.04 bits per heavy atom. The Morgan fingerprint density at radius 1 is 1.32 bits per heavy atom. The van der Waals surface area contributed by atoms with Crippen LogP contribution in [0.25, 0.3) is 11.2 Å². The summed E-state index contributed by atoms with van der Waals surface area (Å²) in [6.45, 7) is -0.0476. The number of anilines is 1. The van der Waals surface area contributed by atoms with E-state index >= 15 is 0 Å². The molecular weight excluding hydrogens is 409 g/mol. The molecule has 0 radical (unpaired) electrons. The largest absolute Gasteiger partial charge is 0.489 e. The SMILES string of the molecule is CN(C)c1nc2c(c(=O)[nH]c(=O)n2C)n1C[C@@H](O)COc1ccc(Cl)cc1Cl. The number of aromatic nitrogens is 4. The predicted octanol–water partition coefficient (Wildman–Crippen LogP) is 1.24. The molecule has 0 spiro atoms. The number of aliphatic hydroxyl groups is 1. The fraction of sp³-hybridized carbons (Fsp3) is 0.353. The smallest absolute Gasteiger partial charge is 0.329 e. The number of nitrogens with one attached hydrogen (secondary N) is 1. The lowest BCUT2D eigenvalue weighted by Gasteiger charge is -2.18. The van der Waals surface area contributed by atoms with E-state index in [0.717, 1.165) is 0 Å². The van der Waals surface area contributed by atoms with Crippen molar-refractivity contribution in [2.45, 2.75) is 12.6 Å². The third-order valence-corrected chi connectivity index (χ3v) is 4.64. The fourth-order valence-corrected chi connectivity index (χ4v) is 3.24. The average molecular weight is 428 g/mol. The number of hydrogen-bond donors (Lipinski definition) is 2. The summed E-state index contributed by atoms with van der Waals surface area (Å²) >= 11 is 11.9. The molecule has 150 valence electrons. The number of imidazole rings is 1. The highest BCUT2D eigenvalue weighted by Crippen LogP contribution is 2.27. The molecule has 1 atom stereocenters. The van der Waals surface area contributed by atoms with Crippen molar-refractivity contribution in [3.8, 4) is 5.75 Å². The van der Waals surface area contributed by atoms with Gasteiger partial charge in [-0.1, -0.05) is 23.2 Å². The highest BCUT2D eigenvalue weighted by Gasteiger charge is 2.21. The van der Waals surface area contributed by atoms with Gasteiger partial charge in [0.25, 0.3) is 5.56 Å². The van der Waals surface area contributed by atoms with Gasteiger partial charge in [0.15, 0.2) is 11.2 Å². The zero-order chi connectivity index (χ0) is 20.6. The van der Waals surface area contributed by atoms with Crippen LogP contribution < -0.4 is 20.9 Å². The molecule has 9 nitrogen and oxygen atoms in total. The molecule has 3 aromatic rings. The van der Waals surface area contributed by atoms with E-state index in [1.54, 1.807) is 41.8 Å². The first-order chi connectivity index (χ1) is 13.2. The summed E-state index contributed by atoms with van der Waals surface area (Å²) in [5.74, 6) is 0.805. The van der Waals surface area contributed by atoms with Crippen LogP contribution in [0.1, 0.15) is 0 Å². The average Bonchev–Trinajstić information content (AvgIpc) is 2.99.